The number of nitrogens with zero attached hydrogens (tertiary/aromatic N) is 2. The van der Waals surface area contributed by atoms with Crippen molar-refractivity contribution in [2.45, 2.75) is 19.3 Å². The molecule has 106 valence electrons. The van der Waals surface area contributed by atoms with Crippen molar-refractivity contribution in [3.63, 3.8) is 0 Å². The molecule has 20 heavy (non-hydrogen) atoms. The summed E-state index contributed by atoms with van der Waals surface area (Å²) in [7, 11) is 1.88. The monoisotopic (exact) mass is 291 g/mol. The zero-order valence-electron chi connectivity index (χ0n) is 11.5. The molecule has 0 saturated heterocycles. The minimum atomic E-state index is 0.0498. The largest absolute Gasteiger partial charge is 0.356 e. The van der Waals surface area contributed by atoms with Crippen LogP contribution in [0.3, 0.4) is 0 Å². The molecule has 0 fully saturated rings. The Hall–Kier alpha value is -1.81. The number of hydrogen-bond donors (Lipinski definition) is 1. The first-order chi connectivity index (χ1) is 9.65. The minimum Gasteiger partial charge on any atom is -0.356 e. The summed E-state index contributed by atoms with van der Waals surface area (Å²) in [5.74, 6) is 0.0498. The Bertz CT molecular complexity index is 580. The molecule has 1 aromatic heterocycles. The molecule has 0 atom stereocenters. The van der Waals surface area contributed by atoms with E-state index in [0.29, 0.717) is 19.4 Å². The molecule has 0 saturated carbocycles. The third-order valence-electron chi connectivity index (χ3n) is 3.07. The highest BCUT2D eigenvalue weighted by atomic mass is 35.5. The van der Waals surface area contributed by atoms with Gasteiger partial charge in [-0.15, -0.1) is 0 Å². The first kappa shape index (κ1) is 14.6. The fourth-order valence-corrected chi connectivity index (χ4v) is 2.22. The molecule has 5 heteroatoms. The molecule has 1 aromatic carbocycles. The number of carbonyl (C=O) groups is 1. The lowest BCUT2D eigenvalue weighted by molar-refractivity contribution is -0.121. The van der Waals surface area contributed by atoms with Gasteiger partial charge in [0.25, 0.3) is 0 Å². The van der Waals surface area contributed by atoms with Crippen LogP contribution >= 0.6 is 11.6 Å². The topological polar surface area (TPSA) is 46.9 Å². The van der Waals surface area contributed by atoms with Gasteiger partial charge in [-0.1, -0.05) is 29.8 Å². The maximum Gasteiger partial charge on any atom is 0.220 e. The van der Waals surface area contributed by atoms with Crippen LogP contribution in [0.2, 0.25) is 5.02 Å². The van der Waals surface area contributed by atoms with Crippen LogP contribution in [0.15, 0.2) is 36.7 Å². The van der Waals surface area contributed by atoms with Crippen LogP contribution < -0.4 is 5.32 Å². The number of nitrogens with one attached hydrogen (secondary N) is 1. The predicted octanol–water partition coefficient (Wildman–Crippen LogP) is 2.37. The van der Waals surface area contributed by atoms with Gasteiger partial charge in [-0.2, -0.15) is 5.10 Å². The van der Waals surface area contributed by atoms with Gasteiger partial charge in [0.15, 0.2) is 0 Å². The second kappa shape index (κ2) is 7.10. The zero-order chi connectivity index (χ0) is 14.4. The van der Waals surface area contributed by atoms with E-state index in [9.17, 15) is 4.79 Å². The maximum absolute atomic E-state index is 11.7. The molecule has 1 heterocycles. The third-order valence-corrected chi connectivity index (χ3v) is 3.44. The molecule has 2 aromatic rings. The van der Waals surface area contributed by atoms with Gasteiger partial charge in [-0.25, -0.2) is 0 Å². The predicted molar refractivity (Wildman–Crippen MR) is 79.7 cm³/mol. The van der Waals surface area contributed by atoms with E-state index in [4.69, 9.17) is 11.6 Å². The highest BCUT2D eigenvalue weighted by molar-refractivity contribution is 6.31. The molecule has 2 rings (SSSR count). The van der Waals surface area contributed by atoms with Crippen LogP contribution in [-0.4, -0.2) is 22.2 Å². The molecule has 0 aliphatic heterocycles. The number of halogens is 1. The van der Waals surface area contributed by atoms with Crippen molar-refractivity contribution < 1.29 is 4.79 Å². The highest BCUT2D eigenvalue weighted by Crippen LogP contribution is 2.16. The van der Waals surface area contributed by atoms with Gasteiger partial charge < -0.3 is 5.32 Å². The fourth-order valence-electron chi connectivity index (χ4n) is 1.98. The average molecular weight is 292 g/mol. The number of amides is 1. The summed E-state index contributed by atoms with van der Waals surface area (Å²) < 4.78 is 1.76. The van der Waals surface area contributed by atoms with Crippen LogP contribution in [0.1, 0.15) is 17.5 Å². The minimum absolute atomic E-state index is 0.0498. The average Bonchev–Trinajstić information content (AvgIpc) is 2.83. The molecule has 0 bridgehead atoms. The van der Waals surface area contributed by atoms with Crippen molar-refractivity contribution in [3.8, 4) is 0 Å². The zero-order valence-corrected chi connectivity index (χ0v) is 12.2. The molecule has 0 aliphatic carbocycles. The SMILES string of the molecule is Cn1cc(CCNC(=O)CCc2ccccc2Cl)cn1. The summed E-state index contributed by atoms with van der Waals surface area (Å²) in [5.41, 5.74) is 2.13. The van der Waals surface area contributed by atoms with Gasteiger partial charge in [0.05, 0.1) is 6.20 Å². The molecule has 0 spiro atoms. The van der Waals surface area contributed by atoms with Crippen molar-refractivity contribution in [3.05, 3.63) is 52.8 Å². The Balaban J connectivity index is 1.69. The van der Waals surface area contributed by atoms with Crippen molar-refractivity contribution >= 4 is 17.5 Å². The molecular formula is C15H18ClN3O. The van der Waals surface area contributed by atoms with Crippen LogP contribution in [0, 0.1) is 0 Å². The molecule has 4 nitrogen and oxygen atoms in total. The van der Waals surface area contributed by atoms with E-state index in [1.54, 1.807) is 4.68 Å². The van der Waals surface area contributed by atoms with Crippen molar-refractivity contribution in [1.82, 2.24) is 15.1 Å². The third kappa shape index (κ3) is 4.38. The quantitative estimate of drug-likeness (QED) is 0.888. The van der Waals surface area contributed by atoms with Gasteiger partial charge in [-0.05, 0) is 30.0 Å². The van der Waals surface area contributed by atoms with Crippen LogP contribution in [0.5, 0.6) is 0 Å². The van der Waals surface area contributed by atoms with Crippen LogP contribution in [0.25, 0.3) is 0 Å². The Morgan fingerprint density at radius 2 is 2.15 bits per heavy atom. The Labute approximate surface area is 123 Å². The summed E-state index contributed by atoms with van der Waals surface area (Å²) in [6, 6.07) is 7.61. The number of aromatic nitrogens is 2. The molecule has 1 N–H and O–H groups in total. The lowest BCUT2D eigenvalue weighted by Gasteiger charge is -2.05. The molecule has 1 amide bonds. The summed E-state index contributed by atoms with van der Waals surface area (Å²) in [4.78, 5) is 11.7. The van der Waals surface area contributed by atoms with E-state index in [-0.39, 0.29) is 5.91 Å². The summed E-state index contributed by atoms with van der Waals surface area (Å²) >= 11 is 6.05. The Kier molecular flexibility index (Phi) is 5.18. The van der Waals surface area contributed by atoms with Crippen LogP contribution in [-0.2, 0) is 24.7 Å². The molecule has 0 aliphatic rings. The van der Waals surface area contributed by atoms with Crippen LogP contribution in [0.4, 0.5) is 0 Å². The van der Waals surface area contributed by atoms with Gasteiger partial charge in [0, 0.05) is 31.2 Å². The van der Waals surface area contributed by atoms with E-state index in [1.807, 2.05) is 43.7 Å². The smallest absolute Gasteiger partial charge is 0.220 e. The lowest BCUT2D eigenvalue weighted by atomic mass is 10.1. The lowest BCUT2D eigenvalue weighted by Crippen LogP contribution is -2.25. The number of aryl methyl sites for hydroxylation is 2. The molecule has 0 unspecified atom stereocenters. The number of rotatable bonds is 6. The normalized spacial score (nSPS) is 10.5. The first-order valence-electron chi connectivity index (χ1n) is 6.63. The molecular weight excluding hydrogens is 274 g/mol. The Morgan fingerprint density at radius 3 is 2.85 bits per heavy atom. The van der Waals surface area contributed by atoms with Gasteiger partial charge >= 0.3 is 0 Å². The van der Waals surface area contributed by atoms with Crippen molar-refractivity contribution in [1.29, 1.82) is 0 Å². The van der Waals surface area contributed by atoms with E-state index >= 15 is 0 Å². The van der Waals surface area contributed by atoms with E-state index in [1.165, 1.54) is 0 Å². The van der Waals surface area contributed by atoms with Crippen molar-refractivity contribution in [2.75, 3.05) is 6.54 Å². The van der Waals surface area contributed by atoms with Gasteiger partial charge in [-0.3, -0.25) is 9.48 Å². The number of hydrogen-bond acceptors (Lipinski definition) is 2. The number of benzene rings is 1. The van der Waals surface area contributed by atoms with E-state index < -0.39 is 0 Å². The van der Waals surface area contributed by atoms with Gasteiger partial charge in [0.2, 0.25) is 5.91 Å². The summed E-state index contributed by atoms with van der Waals surface area (Å²) in [5, 5.41) is 7.72. The Morgan fingerprint density at radius 1 is 1.35 bits per heavy atom. The van der Waals surface area contributed by atoms with E-state index in [0.717, 1.165) is 22.6 Å². The highest BCUT2D eigenvalue weighted by Gasteiger charge is 2.05. The maximum atomic E-state index is 11.7. The summed E-state index contributed by atoms with van der Waals surface area (Å²) in [6.45, 7) is 0.632. The first-order valence-corrected chi connectivity index (χ1v) is 7.00. The number of carbonyl (C=O) groups excluding carboxylic acids is 1. The standard InChI is InChI=1S/C15H18ClN3O/c1-19-11-12(10-18-19)8-9-17-15(20)7-6-13-4-2-3-5-14(13)16/h2-5,10-11H,6-9H2,1H3,(H,17,20). The van der Waals surface area contributed by atoms with Gasteiger partial charge in [0.1, 0.15) is 0 Å². The fraction of sp³-hybridized carbons (Fsp3) is 0.333. The molecule has 0 radical (unpaired) electrons. The summed E-state index contributed by atoms with van der Waals surface area (Å²) in [6.07, 6.45) is 5.69. The van der Waals surface area contributed by atoms with Crippen molar-refractivity contribution in [2.24, 2.45) is 7.05 Å². The second-order valence-electron chi connectivity index (χ2n) is 4.71. The second-order valence-corrected chi connectivity index (χ2v) is 5.12. The van der Waals surface area contributed by atoms with E-state index in [2.05, 4.69) is 10.4 Å².